The zero-order valence-corrected chi connectivity index (χ0v) is 13.9. The predicted molar refractivity (Wildman–Crippen MR) is 83.4 cm³/mol. The molecule has 10 heteroatoms. The van der Waals surface area contributed by atoms with Crippen LogP contribution in [0.4, 0.5) is 0 Å². The molecule has 0 saturated carbocycles. The molecule has 2 heterocycles. The van der Waals surface area contributed by atoms with Crippen LogP contribution in [0.1, 0.15) is 26.3 Å². The number of carbonyl (C=O) groups excluding carboxylic acids is 2. The third-order valence-electron chi connectivity index (χ3n) is 3.41. The molecule has 1 fully saturated rings. The number of carbonyl (C=O) groups is 3. The molecule has 0 aromatic carbocycles. The van der Waals surface area contributed by atoms with E-state index in [4.69, 9.17) is 5.11 Å². The lowest BCUT2D eigenvalue weighted by atomic mass is 10.2. The normalized spacial score (nSPS) is 18.2. The quantitative estimate of drug-likeness (QED) is 0.768. The summed E-state index contributed by atoms with van der Waals surface area (Å²) >= 11 is 0.822. The summed E-state index contributed by atoms with van der Waals surface area (Å²) in [7, 11) is -3.08. The Hall–Kier alpha value is -1.94. The van der Waals surface area contributed by atoms with Gasteiger partial charge in [-0.2, -0.15) is 0 Å². The highest BCUT2D eigenvalue weighted by molar-refractivity contribution is 7.91. The van der Waals surface area contributed by atoms with Gasteiger partial charge in [-0.15, -0.1) is 11.3 Å². The Kier molecular flexibility index (Phi) is 5.05. The third kappa shape index (κ3) is 4.29. The summed E-state index contributed by atoms with van der Waals surface area (Å²) in [6.45, 7) is 1.74. The first kappa shape index (κ1) is 17.4. The van der Waals surface area contributed by atoms with Gasteiger partial charge in [0.15, 0.2) is 9.84 Å². The number of nitrogens with one attached hydrogen (secondary N) is 1. The fraction of sp³-hybridized carbons (Fsp3) is 0.462. The molecule has 8 nitrogen and oxygen atoms in total. The van der Waals surface area contributed by atoms with E-state index in [1.165, 1.54) is 24.0 Å². The second-order valence-electron chi connectivity index (χ2n) is 5.14. The number of amides is 2. The number of sulfone groups is 1. The molecule has 2 amide bonds. The van der Waals surface area contributed by atoms with Crippen LogP contribution in [0.2, 0.25) is 0 Å². The van der Waals surface area contributed by atoms with E-state index in [1.807, 2.05) is 0 Å². The average Bonchev–Trinajstić information content (AvgIpc) is 2.96. The molecule has 126 valence electrons. The molecule has 1 aliphatic rings. The van der Waals surface area contributed by atoms with Gasteiger partial charge in [0.1, 0.15) is 10.9 Å². The monoisotopic (exact) mass is 360 g/mol. The van der Waals surface area contributed by atoms with Gasteiger partial charge in [0.25, 0.3) is 5.91 Å². The molecule has 1 saturated heterocycles. The first-order chi connectivity index (χ1) is 10.7. The molecule has 23 heavy (non-hydrogen) atoms. The number of thiophene rings is 1. The number of nitrogens with zero attached hydrogens (tertiary/aromatic N) is 1. The highest BCUT2D eigenvalue weighted by Crippen LogP contribution is 2.16. The summed E-state index contributed by atoms with van der Waals surface area (Å²) in [5, 5.41) is 11.3. The maximum atomic E-state index is 12.2. The highest BCUT2D eigenvalue weighted by atomic mass is 32.2. The largest absolute Gasteiger partial charge is 0.477 e. The molecule has 1 aliphatic heterocycles. The van der Waals surface area contributed by atoms with Crippen molar-refractivity contribution >= 4 is 39.0 Å². The Morgan fingerprint density at radius 1 is 1.22 bits per heavy atom. The van der Waals surface area contributed by atoms with E-state index in [2.05, 4.69) is 5.32 Å². The molecule has 0 aliphatic carbocycles. The SMILES string of the molecule is CC(NC(=O)c1ccc(C(=O)O)s1)C(=O)N1CCS(=O)(=O)CC1. The van der Waals surface area contributed by atoms with Gasteiger partial charge in [-0.05, 0) is 19.1 Å². The molecule has 0 radical (unpaired) electrons. The molecular formula is C13H16N2O6S2. The van der Waals surface area contributed by atoms with Gasteiger partial charge in [0.05, 0.1) is 16.4 Å². The summed E-state index contributed by atoms with van der Waals surface area (Å²) in [6.07, 6.45) is 0. The molecule has 1 aromatic heterocycles. The lowest BCUT2D eigenvalue weighted by molar-refractivity contribution is -0.132. The van der Waals surface area contributed by atoms with Crippen LogP contribution in [-0.2, 0) is 14.6 Å². The van der Waals surface area contributed by atoms with E-state index < -0.39 is 27.8 Å². The smallest absolute Gasteiger partial charge is 0.345 e. The van der Waals surface area contributed by atoms with Crippen LogP contribution in [0.5, 0.6) is 0 Å². The number of carboxylic acid groups (broad SMARTS) is 1. The lowest BCUT2D eigenvalue weighted by Gasteiger charge is -2.29. The van der Waals surface area contributed by atoms with Crippen LogP contribution >= 0.6 is 11.3 Å². The van der Waals surface area contributed by atoms with Crippen molar-refractivity contribution in [3.63, 3.8) is 0 Å². The van der Waals surface area contributed by atoms with Crippen molar-refractivity contribution in [1.29, 1.82) is 0 Å². The summed E-state index contributed by atoms with van der Waals surface area (Å²) in [5.74, 6) is -2.16. The maximum absolute atomic E-state index is 12.2. The van der Waals surface area contributed by atoms with Crippen LogP contribution in [0.25, 0.3) is 0 Å². The van der Waals surface area contributed by atoms with Gasteiger partial charge in [-0.25, -0.2) is 13.2 Å². The topological polar surface area (TPSA) is 121 Å². The number of carboxylic acids is 1. The van der Waals surface area contributed by atoms with Crippen LogP contribution in [0, 0.1) is 0 Å². The van der Waals surface area contributed by atoms with E-state index in [0.29, 0.717) is 0 Å². The van der Waals surface area contributed by atoms with Gasteiger partial charge in [0, 0.05) is 13.1 Å². The fourth-order valence-corrected chi connectivity index (χ4v) is 4.06. The lowest BCUT2D eigenvalue weighted by Crippen LogP contribution is -2.51. The van der Waals surface area contributed by atoms with Gasteiger partial charge < -0.3 is 15.3 Å². The molecule has 2 rings (SSSR count). The average molecular weight is 360 g/mol. The maximum Gasteiger partial charge on any atom is 0.345 e. The standard InChI is InChI=1S/C13H16N2O6S2/c1-8(12(17)15-4-6-23(20,21)7-5-15)14-11(16)9-2-3-10(22-9)13(18)19/h2-3,8H,4-7H2,1H3,(H,14,16)(H,18,19). The minimum Gasteiger partial charge on any atom is -0.477 e. The molecular weight excluding hydrogens is 344 g/mol. The van der Waals surface area contributed by atoms with E-state index in [9.17, 15) is 22.8 Å². The van der Waals surface area contributed by atoms with Crippen molar-refractivity contribution in [3.05, 3.63) is 21.9 Å². The molecule has 1 unspecified atom stereocenters. The van der Waals surface area contributed by atoms with Gasteiger partial charge in [-0.3, -0.25) is 9.59 Å². The number of hydrogen-bond acceptors (Lipinski definition) is 6. The van der Waals surface area contributed by atoms with E-state index in [1.54, 1.807) is 0 Å². The highest BCUT2D eigenvalue weighted by Gasteiger charge is 2.28. The third-order valence-corrected chi connectivity index (χ3v) is 6.10. The Morgan fingerprint density at radius 2 is 1.78 bits per heavy atom. The van der Waals surface area contributed by atoms with Crippen molar-refractivity contribution in [2.24, 2.45) is 0 Å². The van der Waals surface area contributed by atoms with E-state index in [0.717, 1.165) is 11.3 Å². The van der Waals surface area contributed by atoms with Crippen molar-refractivity contribution in [2.45, 2.75) is 13.0 Å². The first-order valence-electron chi connectivity index (χ1n) is 6.83. The summed E-state index contributed by atoms with van der Waals surface area (Å²) in [5.41, 5.74) is 0. The van der Waals surface area contributed by atoms with E-state index in [-0.39, 0.29) is 40.3 Å². The van der Waals surface area contributed by atoms with Crippen molar-refractivity contribution in [1.82, 2.24) is 10.2 Å². The molecule has 1 aromatic rings. The minimum absolute atomic E-state index is 0.0374. The fourth-order valence-electron chi connectivity index (χ4n) is 2.11. The Morgan fingerprint density at radius 3 is 2.30 bits per heavy atom. The van der Waals surface area contributed by atoms with Crippen LogP contribution in [0.15, 0.2) is 12.1 Å². The van der Waals surface area contributed by atoms with Gasteiger partial charge in [0.2, 0.25) is 5.91 Å². The zero-order valence-electron chi connectivity index (χ0n) is 12.3. The Balaban J connectivity index is 1.95. The predicted octanol–water partition coefficient (Wildman–Crippen LogP) is -0.178. The van der Waals surface area contributed by atoms with Crippen LogP contribution in [-0.4, -0.2) is 66.8 Å². The molecule has 0 spiro atoms. The number of rotatable bonds is 4. The Labute approximate surface area is 137 Å². The first-order valence-corrected chi connectivity index (χ1v) is 9.46. The van der Waals surface area contributed by atoms with Crippen molar-refractivity contribution in [2.75, 3.05) is 24.6 Å². The molecule has 1 atom stereocenters. The van der Waals surface area contributed by atoms with Gasteiger partial charge in [-0.1, -0.05) is 0 Å². The number of aromatic carboxylic acids is 1. The second kappa shape index (κ2) is 6.67. The summed E-state index contributed by atoms with van der Waals surface area (Å²) in [6, 6.07) is 1.89. The molecule has 0 bridgehead atoms. The van der Waals surface area contributed by atoms with Crippen LogP contribution < -0.4 is 5.32 Å². The van der Waals surface area contributed by atoms with Gasteiger partial charge >= 0.3 is 5.97 Å². The number of hydrogen-bond donors (Lipinski definition) is 2. The Bertz CT molecular complexity index is 725. The van der Waals surface area contributed by atoms with Crippen molar-refractivity contribution in [3.8, 4) is 0 Å². The van der Waals surface area contributed by atoms with E-state index >= 15 is 0 Å². The summed E-state index contributed by atoms with van der Waals surface area (Å²) < 4.78 is 22.7. The zero-order chi connectivity index (χ0) is 17.2. The van der Waals surface area contributed by atoms with Crippen molar-refractivity contribution < 1.29 is 27.9 Å². The van der Waals surface area contributed by atoms with Crippen LogP contribution in [0.3, 0.4) is 0 Å². The minimum atomic E-state index is -3.08. The summed E-state index contributed by atoms with van der Waals surface area (Å²) in [4.78, 5) is 36.7. The molecule has 2 N–H and O–H groups in total. The second-order valence-corrected chi connectivity index (χ2v) is 8.53.